The highest BCUT2D eigenvalue weighted by Crippen LogP contribution is 2.19. The molecule has 2 aromatic rings. The first-order valence-electron chi connectivity index (χ1n) is 8.23. The highest BCUT2D eigenvalue weighted by Gasteiger charge is 2.00. The highest BCUT2D eigenvalue weighted by molar-refractivity contribution is 9.10. The average molecular weight is 377 g/mol. The van der Waals surface area contributed by atoms with Gasteiger partial charge in [-0.3, -0.25) is 0 Å². The fourth-order valence-corrected chi connectivity index (χ4v) is 2.59. The Hall–Kier alpha value is -1.48. The molecule has 0 fully saturated rings. The SMILES string of the molecule is Cc1ccc(C)c(OCCCCCCOc2ccc(Br)cc2)c1. The van der Waals surface area contributed by atoms with Crippen molar-refractivity contribution in [2.24, 2.45) is 0 Å². The second-order valence-electron chi connectivity index (χ2n) is 5.83. The van der Waals surface area contributed by atoms with E-state index < -0.39 is 0 Å². The van der Waals surface area contributed by atoms with E-state index in [0.717, 1.165) is 42.0 Å². The van der Waals surface area contributed by atoms with Gasteiger partial charge in [0.15, 0.2) is 0 Å². The van der Waals surface area contributed by atoms with Gasteiger partial charge in [-0.05, 0) is 81.0 Å². The molecule has 0 saturated carbocycles. The minimum absolute atomic E-state index is 0.777. The number of hydrogen-bond donors (Lipinski definition) is 0. The van der Waals surface area contributed by atoms with Crippen LogP contribution in [-0.2, 0) is 0 Å². The second-order valence-corrected chi connectivity index (χ2v) is 6.75. The molecule has 0 aromatic heterocycles. The van der Waals surface area contributed by atoms with Crippen LogP contribution in [-0.4, -0.2) is 13.2 Å². The van der Waals surface area contributed by atoms with E-state index in [2.05, 4.69) is 48.0 Å². The molecule has 0 aliphatic rings. The fourth-order valence-electron chi connectivity index (χ4n) is 2.32. The van der Waals surface area contributed by atoms with Crippen molar-refractivity contribution < 1.29 is 9.47 Å². The molecule has 0 spiro atoms. The van der Waals surface area contributed by atoms with Crippen molar-refractivity contribution in [2.45, 2.75) is 39.5 Å². The number of aryl methyl sites for hydroxylation is 2. The number of hydrogen-bond acceptors (Lipinski definition) is 2. The van der Waals surface area contributed by atoms with Crippen LogP contribution in [0, 0.1) is 13.8 Å². The van der Waals surface area contributed by atoms with Crippen molar-refractivity contribution in [3.05, 3.63) is 58.1 Å². The zero-order valence-electron chi connectivity index (χ0n) is 14.0. The zero-order valence-corrected chi connectivity index (χ0v) is 15.6. The fraction of sp³-hybridized carbons (Fsp3) is 0.400. The summed E-state index contributed by atoms with van der Waals surface area (Å²) in [5.74, 6) is 1.95. The van der Waals surface area contributed by atoms with Crippen molar-refractivity contribution in [1.82, 2.24) is 0 Å². The highest BCUT2D eigenvalue weighted by atomic mass is 79.9. The molecule has 0 unspecified atom stereocenters. The van der Waals surface area contributed by atoms with Gasteiger partial charge >= 0.3 is 0 Å². The number of benzene rings is 2. The van der Waals surface area contributed by atoms with Gasteiger partial charge in [-0.15, -0.1) is 0 Å². The van der Waals surface area contributed by atoms with Crippen LogP contribution >= 0.6 is 15.9 Å². The minimum Gasteiger partial charge on any atom is -0.494 e. The number of unbranched alkanes of at least 4 members (excludes halogenated alkanes) is 3. The Bertz CT molecular complexity index is 593. The predicted molar refractivity (Wildman–Crippen MR) is 99.5 cm³/mol. The van der Waals surface area contributed by atoms with E-state index in [1.165, 1.54) is 24.0 Å². The molecule has 0 radical (unpaired) electrons. The second kappa shape index (κ2) is 9.61. The Morgan fingerprint density at radius 2 is 1.43 bits per heavy atom. The van der Waals surface area contributed by atoms with Crippen molar-refractivity contribution in [2.75, 3.05) is 13.2 Å². The monoisotopic (exact) mass is 376 g/mol. The quantitative estimate of drug-likeness (QED) is 0.493. The molecular formula is C20H25BrO2. The number of ether oxygens (including phenoxy) is 2. The first-order valence-corrected chi connectivity index (χ1v) is 9.03. The minimum atomic E-state index is 0.777. The Morgan fingerprint density at radius 1 is 0.783 bits per heavy atom. The Kier molecular flexibility index (Phi) is 7.47. The van der Waals surface area contributed by atoms with E-state index in [1.807, 2.05) is 24.3 Å². The molecule has 2 aromatic carbocycles. The van der Waals surface area contributed by atoms with Crippen LogP contribution < -0.4 is 9.47 Å². The molecule has 0 aliphatic heterocycles. The lowest BCUT2D eigenvalue weighted by Crippen LogP contribution is -2.00. The van der Waals surface area contributed by atoms with E-state index >= 15 is 0 Å². The summed E-state index contributed by atoms with van der Waals surface area (Å²) in [4.78, 5) is 0. The van der Waals surface area contributed by atoms with Gasteiger partial charge in [-0.1, -0.05) is 28.1 Å². The third-order valence-corrected chi connectivity index (χ3v) is 4.25. The lowest BCUT2D eigenvalue weighted by atomic mass is 10.1. The zero-order chi connectivity index (χ0) is 16.5. The standard InChI is InChI=1S/C20H25BrO2/c1-16-7-8-17(2)20(15-16)23-14-6-4-3-5-13-22-19-11-9-18(21)10-12-19/h7-12,15H,3-6,13-14H2,1-2H3. The third kappa shape index (κ3) is 6.66. The van der Waals surface area contributed by atoms with Crippen molar-refractivity contribution in [1.29, 1.82) is 0 Å². The number of halogens is 1. The van der Waals surface area contributed by atoms with Crippen molar-refractivity contribution >= 4 is 15.9 Å². The van der Waals surface area contributed by atoms with Gasteiger partial charge in [0.25, 0.3) is 0 Å². The van der Waals surface area contributed by atoms with Crippen molar-refractivity contribution in [3.63, 3.8) is 0 Å². The van der Waals surface area contributed by atoms with E-state index in [0.29, 0.717) is 0 Å². The summed E-state index contributed by atoms with van der Waals surface area (Å²) in [5, 5.41) is 0. The molecule has 124 valence electrons. The molecule has 0 amide bonds. The lowest BCUT2D eigenvalue weighted by Gasteiger charge is -2.10. The summed E-state index contributed by atoms with van der Waals surface area (Å²) in [7, 11) is 0. The van der Waals surface area contributed by atoms with Crippen LogP contribution in [0.2, 0.25) is 0 Å². The molecule has 0 saturated heterocycles. The molecule has 0 bridgehead atoms. The molecule has 0 aliphatic carbocycles. The van der Waals surface area contributed by atoms with Crippen molar-refractivity contribution in [3.8, 4) is 11.5 Å². The summed E-state index contributed by atoms with van der Waals surface area (Å²) in [6, 6.07) is 14.3. The first kappa shape index (κ1) is 17.9. The molecule has 2 nitrogen and oxygen atoms in total. The molecule has 0 N–H and O–H groups in total. The molecule has 23 heavy (non-hydrogen) atoms. The molecule has 0 atom stereocenters. The Labute approximate surface area is 148 Å². The summed E-state index contributed by atoms with van der Waals surface area (Å²) in [5.41, 5.74) is 2.45. The van der Waals surface area contributed by atoms with Crippen LogP contribution in [0.4, 0.5) is 0 Å². The van der Waals surface area contributed by atoms with Crippen LogP contribution in [0.1, 0.15) is 36.8 Å². The van der Waals surface area contributed by atoms with Gasteiger partial charge in [-0.25, -0.2) is 0 Å². The lowest BCUT2D eigenvalue weighted by molar-refractivity contribution is 0.286. The maximum absolute atomic E-state index is 5.87. The summed E-state index contributed by atoms with van der Waals surface area (Å²) in [6.07, 6.45) is 4.52. The van der Waals surface area contributed by atoms with E-state index in [-0.39, 0.29) is 0 Å². The Morgan fingerprint density at radius 3 is 2.13 bits per heavy atom. The molecule has 0 heterocycles. The summed E-state index contributed by atoms with van der Waals surface area (Å²) in [6.45, 7) is 5.75. The van der Waals surface area contributed by atoms with Gasteiger partial charge in [0.05, 0.1) is 13.2 Å². The first-order chi connectivity index (χ1) is 11.1. The Balaban J connectivity index is 1.52. The largest absolute Gasteiger partial charge is 0.494 e. The third-order valence-electron chi connectivity index (χ3n) is 3.72. The van der Waals surface area contributed by atoms with Gasteiger partial charge in [0.1, 0.15) is 11.5 Å². The van der Waals surface area contributed by atoms with Gasteiger partial charge < -0.3 is 9.47 Å². The van der Waals surface area contributed by atoms with E-state index in [4.69, 9.17) is 9.47 Å². The van der Waals surface area contributed by atoms with Crippen LogP contribution in [0.3, 0.4) is 0 Å². The van der Waals surface area contributed by atoms with Crippen LogP contribution in [0.15, 0.2) is 46.9 Å². The maximum Gasteiger partial charge on any atom is 0.122 e. The molecular weight excluding hydrogens is 352 g/mol. The smallest absolute Gasteiger partial charge is 0.122 e. The van der Waals surface area contributed by atoms with Crippen LogP contribution in [0.5, 0.6) is 11.5 Å². The normalized spacial score (nSPS) is 10.6. The van der Waals surface area contributed by atoms with Crippen LogP contribution in [0.25, 0.3) is 0 Å². The molecule has 3 heteroatoms. The molecule has 2 rings (SSSR count). The van der Waals surface area contributed by atoms with Gasteiger partial charge in [-0.2, -0.15) is 0 Å². The predicted octanol–water partition coefficient (Wildman–Crippen LogP) is 6.08. The van der Waals surface area contributed by atoms with Gasteiger partial charge in [0, 0.05) is 4.47 Å². The summed E-state index contributed by atoms with van der Waals surface area (Å²) < 4.78 is 12.7. The van der Waals surface area contributed by atoms with E-state index in [1.54, 1.807) is 0 Å². The average Bonchev–Trinajstić information content (AvgIpc) is 2.55. The van der Waals surface area contributed by atoms with Gasteiger partial charge in [0.2, 0.25) is 0 Å². The summed E-state index contributed by atoms with van der Waals surface area (Å²) >= 11 is 3.42. The topological polar surface area (TPSA) is 18.5 Å². The van der Waals surface area contributed by atoms with E-state index in [9.17, 15) is 0 Å². The maximum atomic E-state index is 5.87. The number of rotatable bonds is 9.